The number of hydrogen-bond acceptors (Lipinski definition) is 3. The summed E-state index contributed by atoms with van der Waals surface area (Å²) in [6.45, 7) is 0.898. The van der Waals surface area contributed by atoms with Crippen LogP contribution in [0.4, 0.5) is 13.2 Å². The lowest BCUT2D eigenvalue weighted by molar-refractivity contribution is -0.275. The zero-order chi connectivity index (χ0) is 12.5. The van der Waals surface area contributed by atoms with E-state index in [0.29, 0.717) is 0 Å². The summed E-state index contributed by atoms with van der Waals surface area (Å²) in [4.78, 5) is 10.9. The van der Waals surface area contributed by atoms with Gasteiger partial charge in [-0.25, -0.2) is 0 Å². The molecule has 1 amide bonds. The average Bonchev–Trinajstić information content (AvgIpc) is 2.63. The molecule has 1 aliphatic heterocycles. The summed E-state index contributed by atoms with van der Waals surface area (Å²) in [5, 5.41) is 2.33. The van der Waals surface area contributed by atoms with E-state index in [0.717, 1.165) is 12.7 Å². The molecule has 2 rings (SSSR count). The molecule has 4 nitrogen and oxygen atoms in total. The molecule has 1 saturated heterocycles. The second kappa shape index (κ2) is 4.25. The number of alkyl halides is 3. The van der Waals surface area contributed by atoms with Crippen LogP contribution in [0.25, 0.3) is 0 Å². The van der Waals surface area contributed by atoms with Gasteiger partial charge in [0.05, 0.1) is 0 Å². The average molecular weight is 246 g/mol. The highest BCUT2D eigenvalue weighted by Gasteiger charge is 2.34. The summed E-state index contributed by atoms with van der Waals surface area (Å²) in [7, 11) is 0. The van der Waals surface area contributed by atoms with Crippen molar-refractivity contribution in [3.63, 3.8) is 0 Å². The topological polar surface area (TPSA) is 47.6 Å². The Kier molecular flexibility index (Phi) is 2.93. The SMILES string of the molecule is O=C1[CH]OC(c2ccccc2OC(F)(F)F)N1. The number of halogens is 3. The highest BCUT2D eigenvalue weighted by Crippen LogP contribution is 2.32. The van der Waals surface area contributed by atoms with Crippen LogP contribution in [0.2, 0.25) is 0 Å². The molecule has 1 aliphatic rings. The molecule has 1 aromatic rings. The second-order valence-corrected chi connectivity index (χ2v) is 3.23. The van der Waals surface area contributed by atoms with Crippen molar-refractivity contribution in [2.75, 3.05) is 0 Å². The molecule has 1 aromatic carbocycles. The lowest BCUT2D eigenvalue weighted by atomic mass is 10.2. The van der Waals surface area contributed by atoms with Crippen molar-refractivity contribution < 1.29 is 27.4 Å². The summed E-state index contributed by atoms with van der Waals surface area (Å²) >= 11 is 0. The van der Waals surface area contributed by atoms with Crippen molar-refractivity contribution in [2.45, 2.75) is 12.6 Å². The Morgan fingerprint density at radius 2 is 2.00 bits per heavy atom. The molecule has 0 bridgehead atoms. The molecule has 0 saturated carbocycles. The van der Waals surface area contributed by atoms with Crippen molar-refractivity contribution in [1.82, 2.24) is 5.32 Å². The van der Waals surface area contributed by atoms with Gasteiger partial charge in [-0.05, 0) is 6.07 Å². The number of rotatable bonds is 2. The quantitative estimate of drug-likeness (QED) is 0.866. The molecule has 7 heteroatoms. The molecule has 1 atom stereocenters. The fourth-order valence-electron chi connectivity index (χ4n) is 1.39. The number of ether oxygens (including phenoxy) is 2. The van der Waals surface area contributed by atoms with Crippen LogP contribution in [0.15, 0.2) is 24.3 Å². The van der Waals surface area contributed by atoms with Crippen LogP contribution in [-0.4, -0.2) is 12.3 Å². The van der Waals surface area contributed by atoms with Crippen LogP contribution >= 0.6 is 0 Å². The first-order valence-electron chi connectivity index (χ1n) is 4.59. The van der Waals surface area contributed by atoms with Crippen LogP contribution in [0.5, 0.6) is 5.75 Å². The van der Waals surface area contributed by atoms with Crippen LogP contribution in [0.3, 0.4) is 0 Å². The standard InChI is InChI=1S/C10H7F3NO3/c11-10(12,13)17-7-4-2-1-3-6(7)9-14-8(15)5-16-9/h1-5,9H,(H,14,15). The summed E-state index contributed by atoms with van der Waals surface area (Å²) in [5.74, 6) is -0.905. The number of carbonyl (C=O) groups is 1. The van der Waals surface area contributed by atoms with E-state index in [9.17, 15) is 18.0 Å². The van der Waals surface area contributed by atoms with Crippen LogP contribution < -0.4 is 10.1 Å². The van der Waals surface area contributed by atoms with Crippen LogP contribution in [-0.2, 0) is 9.53 Å². The van der Waals surface area contributed by atoms with Gasteiger partial charge in [0.25, 0.3) is 5.91 Å². The molecular formula is C10H7F3NO3. The summed E-state index contributed by atoms with van der Waals surface area (Å²) < 4.78 is 45.1. The van der Waals surface area contributed by atoms with Gasteiger partial charge < -0.3 is 14.8 Å². The first-order chi connectivity index (χ1) is 7.96. The van der Waals surface area contributed by atoms with Gasteiger partial charge >= 0.3 is 6.36 Å². The molecule has 1 N–H and O–H groups in total. The summed E-state index contributed by atoms with van der Waals surface area (Å²) in [5.41, 5.74) is 0.104. The van der Waals surface area contributed by atoms with Crippen molar-refractivity contribution in [1.29, 1.82) is 0 Å². The zero-order valence-electron chi connectivity index (χ0n) is 8.32. The van der Waals surface area contributed by atoms with Crippen molar-refractivity contribution in [2.24, 2.45) is 0 Å². The first-order valence-corrected chi connectivity index (χ1v) is 4.59. The molecule has 1 heterocycles. The van der Waals surface area contributed by atoms with Gasteiger partial charge in [0.2, 0.25) is 0 Å². The molecule has 0 aromatic heterocycles. The lowest BCUT2D eigenvalue weighted by Crippen LogP contribution is -2.22. The molecule has 1 fully saturated rings. The Labute approximate surface area is 94.3 Å². The third-order valence-corrected chi connectivity index (χ3v) is 2.01. The van der Waals surface area contributed by atoms with Gasteiger partial charge in [0.1, 0.15) is 5.75 Å². The minimum Gasteiger partial charge on any atom is -0.405 e. The van der Waals surface area contributed by atoms with Crippen LogP contribution in [0, 0.1) is 6.61 Å². The number of para-hydroxylation sites is 1. The maximum Gasteiger partial charge on any atom is 0.573 e. The molecule has 91 valence electrons. The Bertz CT molecular complexity index is 433. The van der Waals surface area contributed by atoms with E-state index in [1.54, 1.807) is 0 Å². The Hall–Kier alpha value is -1.76. The fourth-order valence-corrected chi connectivity index (χ4v) is 1.39. The van der Waals surface area contributed by atoms with Gasteiger partial charge in [0.15, 0.2) is 12.8 Å². The smallest absolute Gasteiger partial charge is 0.405 e. The highest BCUT2D eigenvalue weighted by atomic mass is 19.4. The molecular weight excluding hydrogens is 239 g/mol. The Morgan fingerprint density at radius 1 is 1.29 bits per heavy atom. The van der Waals surface area contributed by atoms with Gasteiger partial charge in [-0.2, -0.15) is 0 Å². The highest BCUT2D eigenvalue weighted by molar-refractivity contribution is 5.85. The number of carbonyl (C=O) groups excluding carboxylic acids is 1. The molecule has 17 heavy (non-hydrogen) atoms. The molecule has 0 spiro atoms. The molecule has 1 unspecified atom stereocenters. The van der Waals surface area contributed by atoms with E-state index in [4.69, 9.17) is 4.74 Å². The number of amides is 1. The van der Waals surface area contributed by atoms with E-state index in [2.05, 4.69) is 10.1 Å². The first kappa shape index (κ1) is 11.7. The second-order valence-electron chi connectivity index (χ2n) is 3.23. The van der Waals surface area contributed by atoms with Gasteiger partial charge in [-0.1, -0.05) is 18.2 Å². The largest absolute Gasteiger partial charge is 0.573 e. The number of benzene rings is 1. The van der Waals surface area contributed by atoms with Crippen molar-refractivity contribution >= 4 is 5.91 Å². The van der Waals surface area contributed by atoms with Crippen molar-refractivity contribution in [3.8, 4) is 5.75 Å². The fraction of sp³-hybridized carbons (Fsp3) is 0.200. The Morgan fingerprint density at radius 3 is 2.59 bits per heavy atom. The zero-order valence-corrected chi connectivity index (χ0v) is 8.32. The lowest BCUT2D eigenvalue weighted by Gasteiger charge is -2.16. The van der Waals surface area contributed by atoms with E-state index in [1.165, 1.54) is 18.2 Å². The maximum absolute atomic E-state index is 12.1. The summed E-state index contributed by atoms with van der Waals surface area (Å²) in [6.07, 6.45) is -5.75. The maximum atomic E-state index is 12.1. The minimum atomic E-state index is -4.79. The van der Waals surface area contributed by atoms with Crippen molar-refractivity contribution in [3.05, 3.63) is 36.4 Å². The third kappa shape index (κ3) is 2.88. The number of hydrogen-bond donors (Lipinski definition) is 1. The van der Waals surface area contributed by atoms with Gasteiger partial charge in [-0.15, -0.1) is 13.2 Å². The van der Waals surface area contributed by atoms with Crippen LogP contribution in [0.1, 0.15) is 11.8 Å². The van der Waals surface area contributed by atoms with Gasteiger partial charge in [0, 0.05) is 5.56 Å². The normalized spacial score (nSPS) is 20.2. The monoisotopic (exact) mass is 246 g/mol. The molecule has 0 aliphatic carbocycles. The molecule has 1 radical (unpaired) electrons. The van der Waals surface area contributed by atoms with E-state index in [1.807, 2.05) is 0 Å². The third-order valence-electron chi connectivity index (χ3n) is 2.01. The Balaban J connectivity index is 2.24. The van der Waals surface area contributed by atoms with E-state index < -0.39 is 24.2 Å². The summed E-state index contributed by atoms with van der Waals surface area (Å²) in [6, 6.07) is 5.44. The van der Waals surface area contributed by atoms with E-state index in [-0.39, 0.29) is 5.56 Å². The number of nitrogens with one attached hydrogen (secondary N) is 1. The minimum absolute atomic E-state index is 0.104. The van der Waals surface area contributed by atoms with Gasteiger partial charge in [-0.3, -0.25) is 4.79 Å². The predicted octanol–water partition coefficient (Wildman–Crippen LogP) is 1.89. The predicted molar refractivity (Wildman–Crippen MR) is 49.4 cm³/mol. The van der Waals surface area contributed by atoms with E-state index >= 15 is 0 Å².